The van der Waals surface area contributed by atoms with E-state index in [0.29, 0.717) is 0 Å². The van der Waals surface area contributed by atoms with E-state index < -0.39 is 0 Å². The minimum Gasteiger partial charge on any atom is -0.351 e. The highest BCUT2D eigenvalue weighted by atomic mass is 32.1. The summed E-state index contributed by atoms with van der Waals surface area (Å²) < 4.78 is 0. The molecule has 2 aromatic heterocycles. The standard InChI is InChI=1S/C15H13N3S/c1-2-4-13-12(3-1)16-9-15(17-13)18-7-5-14-11(10-18)6-8-19-14/h1-4,6,8-9H,5,7,10H2. The Balaban J connectivity index is 1.71. The lowest BCUT2D eigenvalue weighted by molar-refractivity contribution is 0.732. The second kappa shape index (κ2) is 4.31. The van der Waals surface area contributed by atoms with Crippen molar-refractivity contribution in [2.45, 2.75) is 13.0 Å². The molecule has 0 saturated heterocycles. The zero-order chi connectivity index (χ0) is 12.7. The highest BCUT2D eigenvalue weighted by Crippen LogP contribution is 2.27. The molecule has 0 atom stereocenters. The van der Waals surface area contributed by atoms with E-state index in [1.54, 1.807) is 0 Å². The third-order valence-electron chi connectivity index (χ3n) is 3.57. The fourth-order valence-corrected chi connectivity index (χ4v) is 3.43. The second-order valence-corrected chi connectivity index (χ2v) is 5.76. The first-order valence-electron chi connectivity index (χ1n) is 6.42. The van der Waals surface area contributed by atoms with Gasteiger partial charge < -0.3 is 4.90 Å². The molecule has 1 aliphatic heterocycles. The normalized spacial score (nSPS) is 14.6. The van der Waals surface area contributed by atoms with Crippen molar-refractivity contribution in [3.8, 4) is 0 Å². The molecule has 0 unspecified atom stereocenters. The molecule has 4 heteroatoms. The lowest BCUT2D eigenvalue weighted by Crippen LogP contribution is -2.30. The molecule has 1 aromatic carbocycles. The molecule has 0 saturated carbocycles. The van der Waals surface area contributed by atoms with Crippen molar-refractivity contribution >= 4 is 28.2 Å². The Bertz CT molecular complexity index is 735. The molecule has 0 N–H and O–H groups in total. The van der Waals surface area contributed by atoms with E-state index in [0.717, 1.165) is 36.4 Å². The van der Waals surface area contributed by atoms with Crippen LogP contribution in [0.2, 0.25) is 0 Å². The molecule has 1 aliphatic rings. The molecule has 94 valence electrons. The number of benzene rings is 1. The minimum atomic E-state index is 0.950. The van der Waals surface area contributed by atoms with Gasteiger partial charge >= 0.3 is 0 Å². The summed E-state index contributed by atoms with van der Waals surface area (Å²) >= 11 is 1.86. The monoisotopic (exact) mass is 267 g/mol. The molecule has 3 nitrogen and oxygen atoms in total. The first-order chi connectivity index (χ1) is 9.40. The number of aromatic nitrogens is 2. The third kappa shape index (κ3) is 1.88. The van der Waals surface area contributed by atoms with Crippen molar-refractivity contribution in [3.63, 3.8) is 0 Å². The molecule has 19 heavy (non-hydrogen) atoms. The van der Waals surface area contributed by atoms with Crippen molar-refractivity contribution in [2.24, 2.45) is 0 Å². The Morgan fingerprint density at radius 2 is 2.00 bits per heavy atom. The lowest BCUT2D eigenvalue weighted by atomic mass is 10.1. The van der Waals surface area contributed by atoms with Gasteiger partial charge in [0.1, 0.15) is 5.82 Å². The van der Waals surface area contributed by atoms with Crippen LogP contribution in [-0.4, -0.2) is 16.5 Å². The van der Waals surface area contributed by atoms with Crippen LogP contribution in [0.3, 0.4) is 0 Å². The number of anilines is 1. The largest absolute Gasteiger partial charge is 0.351 e. The van der Waals surface area contributed by atoms with E-state index in [1.807, 2.05) is 41.8 Å². The molecule has 0 spiro atoms. The SMILES string of the molecule is c1ccc2nc(N3CCc4sccc4C3)cnc2c1. The quantitative estimate of drug-likeness (QED) is 0.677. The summed E-state index contributed by atoms with van der Waals surface area (Å²) in [4.78, 5) is 13.1. The first-order valence-corrected chi connectivity index (χ1v) is 7.30. The van der Waals surface area contributed by atoms with E-state index >= 15 is 0 Å². The Morgan fingerprint density at radius 3 is 2.95 bits per heavy atom. The summed E-state index contributed by atoms with van der Waals surface area (Å²) in [5.74, 6) is 0.982. The molecule has 0 amide bonds. The summed E-state index contributed by atoms with van der Waals surface area (Å²) in [5, 5.41) is 2.18. The molecule has 3 aromatic rings. The summed E-state index contributed by atoms with van der Waals surface area (Å²) in [6.45, 7) is 1.98. The van der Waals surface area contributed by atoms with Gasteiger partial charge in [-0.15, -0.1) is 11.3 Å². The summed E-state index contributed by atoms with van der Waals surface area (Å²) in [5.41, 5.74) is 3.36. The predicted molar refractivity (Wildman–Crippen MR) is 78.6 cm³/mol. The zero-order valence-electron chi connectivity index (χ0n) is 10.4. The van der Waals surface area contributed by atoms with Gasteiger partial charge in [0, 0.05) is 18.0 Å². The van der Waals surface area contributed by atoms with Crippen molar-refractivity contribution in [2.75, 3.05) is 11.4 Å². The van der Waals surface area contributed by atoms with E-state index in [1.165, 1.54) is 10.4 Å². The minimum absolute atomic E-state index is 0.950. The van der Waals surface area contributed by atoms with Gasteiger partial charge in [-0.25, -0.2) is 4.98 Å². The second-order valence-electron chi connectivity index (χ2n) is 4.76. The summed E-state index contributed by atoms with van der Waals surface area (Å²) in [6, 6.07) is 10.2. The Kier molecular flexibility index (Phi) is 2.48. The van der Waals surface area contributed by atoms with Crippen LogP contribution in [-0.2, 0) is 13.0 Å². The Labute approximate surface area is 115 Å². The van der Waals surface area contributed by atoms with E-state index in [9.17, 15) is 0 Å². The van der Waals surface area contributed by atoms with Gasteiger partial charge in [0.15, 0.2) is 0 Å². The third-order valence-corrected chi connectivity index (χ3v) is 4.59. The Morgan fingerprint density at radius 1 is 1.11 bits per heavy atom. The highest BCUT2D eigenvalue weighted by Gasteiger charge is 2.18. The average Bonchev–Trinajstić information content (AvgIpc) is 2.94. The van der Waals surface area contributed by atoms with Gasteiger partial charge in [0.2, 0.25) is 0 Å². The van der Waals surface area contributed by atoms with Crippen LogP contribution < -0.4 is 4.90 Å². The average molecular weight is 267 g/mol. The maximum atomic E-state index is 4.72. The van der Waals surface area contributed by atoms with Crippen molar-refractivity contribution < 1.29 is 0 Å². The summed E-state index contributed by atoms with van der Waals surface area (Å²) in [6.07, 6.45) is 3.00. The number of nitrogens with zero attached hydrogens (tertiary/aromatic N) is 3. The molecule has 0 bridgehead atoms. The molecule has 0 radical (unpaired) electrons. The topological polar surface area (TPSA) is 29.0 Å². The van der Waals surface area contributed by atoms with Crippen molar-refractivity contribution in [3.05, 3.63) is 52.3 Å². The molecule has 4 rings (SSSR count). The van der Waals surface area contributed by atoms with Gasteiger partial charge in [-0.1, -0.05) is 12.1 Å². The highest BCUT2D eigenvalue weighted by molar-refractivity contribution is 7.10. The molecule has 3 heterocycles. The maximum Gasteiger partial charge on any atom is 0.148 e. The van der Waals surface area contributed by atoms with E-state index in [2.05, 4.69) is 21.3 Å². The summed E-state index contributed by atoms with van der Waals surface area (Å²) in [7, 11) is 0. The van der Waals surface area contributed by atoms with E-state index in [-0.39, 0.29) is 0 Å². The molecule has 0 aliphatic carbocycles. The van der Waals surface area contributed by atoms with Crippen molar-refractivity contribution in [1.82, 2.24) is 9.97 Å². The van der Waals surface area contributed by atoms with Crippen molar-refractivity contribution in [1.29, 1.82) is 0 Å². The van der Waals surface area contributed by atoms with Gasteiger partial charge in [-0.05, 0) is 35.6 Å². The fraction of sp³-hybridized carbons (Fsp3) is 0.200. The van der Waals surface area contributed by atoms with Crippen LogP contribution >= 0.6 is 11.3 Å². The van der Waals surface area contributed by atoms with E-state index in [4.69, 9.17) is 4.98 Å². The number of fused-ring (bicyclic) bond motifs is 2. The zero-order valence-corrected chi connectivity index (χ0v) is 11.2. The molecular formula is C15H13N3S. The van der Waals surface area contributed by atoms with Gasteiger partial charge in [0.25, 0.3) is 0 Å². The van der Waals surface area contributed by atoms with Crippen LogP contribution in [0.5, 0.6) is 0 Å². The van der Waals surface area contributed by atoms with Gasteiger partial charge in [-0.2, -0.15) is 0 Å². The van der Waals surface area contributed by atoms with Crippen LogP contribution in [0.15, 0.2) is 41.9 Å². The number of para-hydroxylation sites is 2. The smallest absolute Gasteiger partial charge is 0.148 e. The van der Waals surface area contributed by atoms with Gasteiger partial charge in [-0.3, -0.25) is 4.98 Å². The maximum absolute atomic E-state index is 4.72. The lowest BCUT2D eigenvalue weighted by Gasteiger charge is -2.27. The number of thiophene rings is 1. The number of rotatable bonds is 1. The van der Waals surface area contributed by atoms with Crippen LogP contribution in [0.4, 0.5) is 5.82 Å². The number of hydrogen-bond donors (Lipinski definition) is 0. The number of hydrogen-bond acceptors (Lipinski definition) is 4. The predicted octanol–water partition coefficient (Wildman–Crippen LogP) is 3.25. The Hall–Kier alpha value is -1.94. The van der Waals surface area contributed by atoms with Gasteiger partial charge in [0.05, 0.1) is 17.2 Å². The first kappa shape index (κ1) is 10.9. The van der Waals surface area contributed by atoms with Crippen LogP contribution in [0.25, 0.3) is 11.0 Å². The molecule has 0 fully saturated rings. The van der Waals surface area contributed by atoms with Crippen LogP contribution in [0.1, 0.15) is 10.4 Å². The fourth-order valence-electron chi connectivity index (χ4n) is 2.54. The molecular weight excluding hydrogens is 254 g/mol. The van der Waals surface area contributed by atoms with Crippen LogP contribution in [0, 0.1) is 0 Å².